The Morgan fingerprint density at radius 1 is 1.07 bits per heavy atom. The van der Waals surface area contributed by atoms with E-state index in [1.807, 2.05) is 32.9 Å². The maximum atomic E-state index is 15.6. The Balaban J connectivity index is 1.77. The number of amides is 1. The quantitative estimate of drug-likeness (QED) is 0.338. The van der Waals surface area contributed by atoms with Crippen LogP contribution >= 0.6 is 11.6 Å². The van der Waals surface area contributed by atoms with Gasteiger partial charge in [-0.1, -0.05) is 17.7 Å². The first-order valence-electron chi connectivity index (χ1n) is 13.9. The zero-order valence-corrected chi connectivity index (χ0v) is 25.0. The van der Waals surface area contributed by atoms with Crippen molar-refractivity contribution in [2.75, 3.05) is 18.1 Å². The van der Waals surface area contributed by atoms with Crippen molar-refractivity contribution in [3.8, 4) is 16.9 Å². The van der Waals surface area contributed by atoms with E-state index in [1.54, 1.807) is 37.8 Å². The Bertz CT molecular complexity index is 1580. The number of fused-ring (bicyclic) bond motifs is 2. The van der Waals surface area contributed by atoms with E-state index in [0.29, 0.717) is 64.5 Å². The predicted molar refractivity (Wildman–Crippen MR) is 158 cm³/mol. The van der Waals surface area contributed by atoms with Gasteiger partial charge in [-0.3, -0.25) is 4.79 Å². The minimum Gasteiger partial charge on any atom is -0.490 e. The van der Waals surface area contributed by atoms with Gasteiger partial charge in [0.05, 0.1) is 12.2 Å². The Kier molecular flexibility index (Phi) is 7.64. The minimum atomic E-state index is -1.30. The number of halogens is 2. The molecule has 8 heteroatoms. The summed E-state index contributed by atoms with van der Waals surface area (Å²) in [7, 11) is 0. The van der Waals surface area contributed by atoms with Gasteiger partial charge in [-0.25, -0.2) is 9.18 Å². The Morgan fingerprint density at radius 2 is 1.80 bits per heavy atom. The number of benzene rings is 3. The van der Waals surface area contributed by atoms with Gasteiger partial charge in [0.15, 0.2) is 17.7 Å². The summed E-state index contributed by atoms with van der Waals surface area (Å²) >= 11 is 6.34. The number of hydrogen-bond acceptors (Lipinski definition) is 4. The van der Waals surface area contributed by atoms with Gasteiger partial charge in [-0.15, -0.1) is 0 Å². The molecule has 216 valence electrons. The first-order chi connectivity index (χ1) is 19.3. The number of carboxylic acid groups (broad SMARTS) is 1. The van der Waals surface area contributed by atoms with Crippen molar-refractivity contribution >= 4 is 29.2 Å². The molecule has 1 amide bonds. The van der Waals surface area contributed by atoms with E-state index < -0.39 is 23.5 Å². The highest BCUT2D eigenvalue weighted by Crippen LogP contribution is 2.48. The topological polar surface area (TPSA) is 76.1 Å². The molecule has 0 bridgehead atoms. The number of anilines is 1. The third-order valence-electron chi connectivity index (χ3n) is 7.86. The van der Waals surface area contributed by atoms with E-state index in [2.05, 4.69) is 0 Å². The van der Waals surface area contributed by atoms with E-state index in [4.69, 9.17) is 21.1 Å². The maximum Gasteiger partial charge on any atom is 0.337 e. The summed E-state index contributed by atoms with van der Waals surface area (Å²) < 4.78 is 27.4. The van der Waals surface area contributed by atoms with Crippen LogP contribution < -0.4 is 9.64 Å². The molecule has 0 spiro atoms. The van der Waals surface area contributed by atoms with E-state index in [9.17, 15) is 14.7 Å². The SMILES string of the molecule is Cc1ccc(C(=O)N2CCc3c2cc(C)c([C@H](OC(C)(C)C)C(=O)O)c3-c2cc(F)c3c(c2C)CCCO3)cc1Cl. The molecule has 5 rings (SSSR count). The Hall–Kier alpha value is -3.42. The molecule has 2 heterocycles. The highest BCUT2D eigenvalue weighted by molar-refractivity contribution is 6.31. The van der Waals surface area contributed by atoms with Gasteiger partial charge >= 0.3 is 5.97 Å². The smallest absolute Gasteiger partial charge is 0.337 e. The fourth-order valence-corrected chi connectivity index (χ4v) is 6.12. The number of carbonyl (C=O) groups is 2. The molecule has 41 heavy (non-hydrogen) atoms. The summed E-state index contributed by atoms with van der Waals surface area (Å²) in [6.07, 6.45) is 0.599. The molecule has 3 aromatic rings. The van der Waals surface area contributed by atoms with Crippen LogP contribution in [0.1, 0.15) is 77.0 Å². The maximum absolute atomic E-state index is 15.6. The van der Waals surface area contributed by atoms with Crippen molar-refractivity contribution in [2.24, 2.45) is 0 Å². The van der Waals surface area contributed by atoms with Gasteiger partial charge in [0.2, 0.25) is 0 Å². The van der Waals surface area contributed by atoms with Crippen LogP contribution in [0.15, 0.2) is 30.3 Å². The Labute approximate surface area is 245 Å². The molecule has 1 atom stereocenters. The number of aliphatic carboxylic acids is 1. The Morgan fingerprint density at radius 3 is 2.46 bits per heavy atom. The van der Waals surface area contributed by atoms with Crippen molar-refractivity contribution in [3.05, 3.63) is 80.1 Å². The van der Waals surface area contributed by atoms with Gasteiger partial charge in [-0.2, -0.15) is 0 Å². The van der Waals surface area contributed by atoms with E-state index in [0.717, 1.165) is 28.7 Å². The molecule has 0 aliphatic carbocycles. The second-order valence-electron chi connectivity index (χ2n) is 11.9. The molecule has 1 N–H and O–H groups in total. The van der Waals surface area contributed by atoms with Gasteiger partial charge < -0.3 is 19.5 Å². The van der Waals surface area contributed by atoms with Crippen LogP contribution in [-0.4, -0.2) is 35.7 Å². The van der Waals surface area contributed by atoms with Crippen molar-refractivity contribution in [1.82, 2.24) is 0 Å². The van der Waals surface area contributed by atoms with Crippen molar-refractivity contribution in [3.63, 3.8) is 0 Å². The summed E-state index contributed by atoms with van der Waals surface area (Å²) in [5.41, 5.74) is 5.99. The fraction of sp³-hybridized carbons (Fsp3) is 0.394. The third kappa shape index (κ3) is 5.33. The zero-order chi connectivity index (χ0) is 29.8. The van der Waals surface area contributed by atoms with Gasteiger partial charge in [0, 0.05) is 33.9 Å². The lowest BCUT2D eigenvalue weighted by atomic mass is 9.83. The van der Waals surface area contributed by atoms with E-state index in [1.165, 1.54) is 6.07 Å². The van der Waals surface area contributed by atoms with Crippen LogP contribution in [0.25, 0.3) is 11.1 Å². The number of hydrogen-bond donors (Lipinski definition) is 1. The largest absolute Gasteiger partial charge is 0.490 e. The zero-order valence-electron chi connectivity index (χ0n) is 24.3. The molecule has 0 saturated carbocycles. The number of carboxylic acids is 1. The van der Waals surface area contributed by atoms with Crippen LogP contribution in [0, 0.1) is 26.6 Å². The standard InChI is InChI=1S/C33H35ClFNO5/c1-17-9-10-20(15-24(17)34)31(37)36-12-11-22-26(36)14-18(2)27(30(32(38)39)41-33(4,5)6)28(22)23-16-25(35)29-21(19(23)3)8-7-13-40-29/h9-10,14-16,30H,7-8,11-13H2,1-6H3,(H,38,39)/t30-/m0/s1. The van der Waals surface area contributed by atoms with Gasteiger partial charge in [0.25, 0.3) is 5.91 Å². The summed E-state index contributed by atoms with van der Waals surface area (Å²) in [5, 5.41) is 10.9. The first kappa shape index (κ1) is 29.1. The lowest BCUT2D eigenvalue weighted by Gasteiger charge is -2.30. The summed E-state index contributed by atoms with van der Waals surface area (Å²) in [5.74, 6) is -1.56. The molecule has 0 fully saturated rings. The molecule has 6 nitrogen and oxygen atoms in total. The normalized spacial score (nSPS) is 15.3. The van der Waals surface area contributed by atoms with Crippen molar-refractivity contribution in [1.29, 1.82) is 0 Å². The van der Waals surface area contributed by atoms with Gasteiger partial charge in [0.1, 0.15) is 0 Å². The average Bonchev–Trinajstić information content (AvgIpc) is 3.32. The molecule has 2 aliphatic heterocycles. The molecule has 3 aromatic carbocycles. The number of nitrogens with zero attached hydrogens (tertiary/aromatic N) is 1. The second kappa shape index (κ2) is 10.8. The number of rotatable bonds is 5. The van der Waals surface area contributed by atoms with Crippen LogP contribution in [0.3, 0.4) is 0 Å². The molecule has 0 aromatic heterocycles. The fourth-order valence-electron chi connectivity index (χ4n) is 5.94. The molecule has 2 aliphatic rings. The lowest BCUT2D eigenvalue weighted by molar-refractivity contribution is -0.160. The van der Waals surface area contributed by atoms with Crippen LogP contribution in [0.5, 0.6) is 5.75 Å². The molecular formula is C33H35ClFNO5. The van der Waals surface area contributed by atoms with Crippen molar-refractivity contribution in [2.45, 2.75) is 72.5 Å². The number of aryl methyl sites for hydroxylation is 2. The predicted octanol–water partition coefficient (Wildman–Crippen LogP) is 7.54. The highest BCUT2D eigenvalue weighted by atomic mass is 35.5. The second-order valence-corrected chi connectivity index (χ2v) is 12.3. The third-order valence-corrected chi connectivity index (χ3v) is 8.27. The number of ether oxygens (including phenoxy) is 2. The summed E-state index contributed by atoms with van der Waals surface area (Å²) in [6.45, 7) is 11.9. The summed E-state index contributed by atoms with van der Waals surface area (Å²) in [4.78, 5) is 28.1. The van der Waals surface area contributed by atoms with Gasteiger partial charge in [-0.05, 0) is 118 Å². The van der Waals surface area contributed by atoms with Crippen LogP contribution in [0.2, 0.25) is 5.02 Å². The minimum absolute atomic E-state index is 0.203. The lowest BCUT2D eigenvalue weighted by Crippen LogP contribution is -2.29. The van der Waals surface area contributed by atoms with E-state index in [-0.39, 0.29) is 11.7 Å². The highest BCUT2D eigenvalue weighted by Gasteiger charge is 2.37. The number of carbonyl (C=O) groups excluding carboxylic acids is 1. The van der Waals surface area contributed by atoms with E-state index >= 15 is 4.39 Å². The van der Waals surface area contributed by atoms with Crippen LogP contribution in [0.4, 0.5) is 10.1 Å². The van der Waals surface area contributed by atoms with Crippen LogP contribution in [-0.2, 0) is 22.4 Å². The molecule has 0 radical (unpaired) electrons. The molecule has 0 unspecified atom stereocenters. The molecule has 0 saturated heterocycles. The average molecular weight is 580 g/mol. The molecular weight excluding hydrogens is 545 g/mol. The first-order valence-corrected chi connectivity index (χ1v) is 14.3. The monoisotopic (exact) mass is 579 g/mol. The summed E-state index contributed by atoms with van der Waals surface area (Å²) in [6, 6.07) is 8.53. The van der Waals surface area contributed by atoms with Crippen molar-refractivity contribution < 1.29 is 28.6 Å².